The second-order valence-corrected chi connectivity index (χ2v) is 5.34. The highest BCUT2D eigenvalue weighted by atomic mass is 32.1. The fourth-order valence-electron chi connectivity index (χ4n) is 2.50. The number of hydrogen-bond donors (Lipinski definition) is 0. The molecule has 0 saturated heterocycles. The van der Waals surface area contributed by atoms with Gasteiger partial charge in [-0.25, -0.2) is 0 Å². The fourth-order valence-corrected chi connectivity index (χ4v) is 3.62. The number of fused-ring (bicyclic) bond motifs is 5. The van der Waals surface area contributed by atoms with Crippen LogP contribution in [0, 0.1) is 0 Å². The van der Waals surface area contributed by atoms with E-state index in [1.807, 2.05) is 11.3 Å². The van der Waals surface area contributed by atoms with Gasteiger partial charge < -0.3 is 5.48 Å². The van der Waals surface area contributed by atoms with E-state index in [-0.39, 0.29) is 5.48 Å². The third-order valence-corrected chi connectivity index (χ3v) is 4.40. The molecule has 1 nitrogen and oxygen atoms in total. The molecule has 0 aliphatic rings. The molecule has 18 heavy (non-hydrogen) atoms. The van der Waals surface area contributed by atoms with Gasteiger partial charge in [0.15, 0.2) is 0 Å². The van der Waals surface area contributed by atoms with Crippen LogP contribution in [0.3, 0.4) is 0 Å². The van der Waals surface area contributed by atoms with Crippen molar-refractivity contribution in [3.8, 4) is 0 Å². The van der Waals surface area contributed by atoms with E-state index in [0.29, 0.717) is 0 Å². The van der Waals surface area contributed by atoms with E-state index < -0.39 is 0 Å². The molecule has 4 aromatic rings. The van der Waals surface area contributed by atoms with Gasteiger partial charge in [0, 0.05) is 20.2 Å². The van der Waals surface area contributed by atoms with Crippen LogP contribution in [0.1, 0.15) is 0 Å². The summed E-state index contributed by atoms with van der Waals surface area (Å²) in [4.78, 5) is 0. The highest BCUT2D eigenvalue weighted by Gasteiger charge is 2.07. The average molecular weight is 252 g/mol. The summed E-state index contributed by atoms with van der Waals surface area (Å²) in [6.45, 7) is 0. The lowest BCUT2D eigenvalue weighted by Gasteiger charge is -1.99. The molecule has 0 radical (unpaired) electrons. The van der Waals surface area contributed by atoms with E-state index in [1.54, 1.807) is 0 Å². The summed E-state index contributed by atoms with van der Waals surface area (Å²) in [6.07, 6.45) is 0. The van der Waals surface area contributed by atoms with Crippen LogP contribution in [-0.2, 0) is 0 Å². The van der Waals surface area contributed by atoms with Crippen LogP contribution in [0.4, 0.5) is 0 Å². The molecule has 0 saturated carbocycles. The van der Waals surface area contributed by atoms with Crippen molar-refractivity contribution in [2.75, 3.05) is 0 Å². The molecule has 0 amide bonds. The van der Waals surface area contributed by atoms with Crippen LogP contribution in [-0.4, -0.2) is 5.48 Å². The summed E-state index contributed by atoms with van der Waals surface area (Å²) in [5.41, 5.74) is 0. The molecule has 0 fully saturated rings. The minimum atomic E-state index is 0. The van der Waals surface area contributed by atoms with Gasteiger partial charge in [0.1, 0.15) is 0 Å². The predicted molar refractivity (Wildman–Crippen MR) is 80.5 cm³/mol. The molecule has 2 N–H and O–H groups in total. The molecule has 2 heteroatoms. The third kappa shape index (κ3) is 1.43. The summed E-state index contributed by atoms with van der Waals surface area (Å²) in [7, 11) is 0. The van der Waals surface area contributed by atoms with Gasteiger partial charge >= 0.3 is 0 Å². The predicted octanol–water partition coefficient (Wildman–Crippen LogP) is 4.38. The Bertz CT molecular complexity index is 839. The van der Waals surface area contributed by atoms with Crippen LogP contribution in [0.2, 0.25) is 0 Å². The summed E-state index contributed by atoms with van der Waals surface area (Å²) in [5, 5.41) is 5.47. The topological polar surface area (TPSA) is 31.5 Å². The molecular weight excluding hydrogens is 240 g/mol. The molecule has 4 rings (SSSR count). The van der Waals surface area contributed by atoms with Crippen LogP contribution in [0.25, 0.3) is 30.9 Å². The molecule has 0 spiro atoms. The first-order valence-electron chi connectivity index (χ1n) is 5.72. The highest BCUT2D eigenvalue weighted by molar-refractivity contribution is 7.26. The number of benzene rings is 3. The Balaban J connectivity index is 0.000001000. The Morgan fingerprint density at radius 2 is 1.33 bits per heavy atom. The second-order valence-electron chi connectivity index (χ2n) is 4.26. The molecule has 1 aromatic heterocycles. The van der Waals surface area contributed by atoms with Crippen molar-refractivity contribution in [2.45, 2.75) is 0 Å². The Kier molecular flexibility index (Phi) is 2.54. The number of thiophene rings is 1. The van der Waals surface area contributed by atoms with Crippen molar-refractivity contribution in [1.82, 2.24) is 0 Å². The zero-order valence-electron chi connectivity index (χ0n) is 9.68. The second kappa shape index (κ2) is 4.09. The zero-order chi connectivity index (χ0) is 11.2. The van der Waals surface area contributed by atoms with E-state index in [2.05, 4.69) is 60.7 Å². The minimum absolute atomic E-state index is 0. The first kappa shape index (κ1) is 11.2. The molecule has 88 valence electrons. The third-order valence-electron chi connectivity index (χ3n) is 3.27. The van der Waals surface area contributed by atoms with E-state index in [4.69, 9.17) is 0 Å². The van der Waals surface area contributed by atoms with Crippen molar-refractivity contribution < 1.29 is 5.48 Å². The summed E-state index contributed by atoms with van der Waals surface area (Å²) in [5.74, 6) is 0. The summed E-state index contributed by atoms with van der Waals surface area (Å²) >= 11 is 1.88. The lowest BCUT2D eigenvalue weighted by atomic mass is 10.0. The molecule has 1 heterocycles. The Morgan fingerprint density at radius 1 is 0.611 bits per heavy atom. The fraction of sp³-hybridized carbons (Fsp3) is 0. The zero-order valence-corrected chi connectivity index (χ0v) is 10.5. The molecule has 0 atom stereocenters. The lowest BCUT2D eigenvalue weighted by Crippen LogP contribution is -1.72. The van der Waals surface area contributed by atoms with Crippen molar-refractivity contribution in [1.29, 1.82) is 0 Å². The average Bonchev–Trinajstić information content (AvgIpc) is 2.77. The van der Waals surface area contributed by atoms with Crippen LogP contribution < -0.4 is 0 Å². The van der Waals surface area contributed by atoms with Gasteiger partial charge in [0.2, 0.25) is 0 Å². The van der Waals surface area contributed by atoms with E-state index >= 15 is 0 Å². The van der Waals surface area contributed by atoms with E-state index in [9.17, 15) is 0 Å². The van der Waals surface area contributed by atoms with Crippen molar-refractivity contribution in [3.05, 3.63) is 60.7 Å². The maximum atomic E-state index is 2.24. The van der Waals surface area contributed by atoms with Crippen molar-refractivity contribution >= 4 is 42.3 Å². The smallest absolute Gasteiger partial charge is 0.0361 e. The monoisotopic (exact) mass is 252 g/mol. The number of rotatable bonds is 0. The van der Waals surface area contributed by atoms with Crippen LogP contribution in [0.5, 0.6) is 0 Å². The van der Waals surface area contributed by atoms with Crippen molar-refractivity contribution in [3.63, 3.8) is 0 Å². The maximum absolute atomic E-state index is 2.24. The minimum Gasteiger partial charge on any atom is -0.412 e. The van der Waals surface area contributed by atoms with Gasteiger partial charge in [-0.15, -0.1) is 11.3 Å². The van der Waals surface area contributed by atoms with Gasteiger partial charge in [0.25, 0.3) is 0 Å². The quantitative estimate of drug-likeness (QED) is 0.445. The van der Waals surface area contributed by atoms with Gasteiger partial charge in [-0.05, 0) is 22.9 Å². The lowest BCUT2D eigenvalue weighted by molar-refractivity contribution is 0.824. The molecule has 0 unspecified atom stereocenters. The largest absolute Gasteiger partial charge is 0.412 e. The van der Waals surface area contributed by atoms with Crippen LogP contribution in [0.15, 0.2) is 60.7 Å². The van der Waals surface area contributed by atoms with E-state index in [1.165, 1.54) is 30.9 Å². The first-order valence-corrected chi connectivity index (χ1v) is 6.54. The number of hydrogen-bond acceptors (Lipinski definition) is 1. The molecule has 0 aliphatic heterocycles. The first-order chi connectivity index (χ1) is 8.43. The van der Waals surface area contributed by atoms with E-state index in [0.717, 1.165) is 0 Å². The molecular formula is C16H12OS. The summed E-state index contributed by atoms with van der Waals surface area (Å²) < 4.78 is 2.75. The molecule has 3 aromatic carbocycles. The Labute approximate surface area is 109 Å². The molecule has 0 bridgehead atoms. The van der Waals surface area contributed by atoms with Crippen molar-refractivity contribution in [2.24, 2.45) is 0 Å². The molecule has 0 aliphatic carbocycles. The highest BCUT2D eigenvalue weighted by Crippen LogP contribution is 2.37. The normalized spacial score (nSPS) is 10.9. The SMILES string of the molecule is O.c1ccc2c(c1)ccc1sc3ccccc3c12. The standard InChI is InChI=1S/C16H10S.H2O/c1-2-6-12-11(5-1)9-10-15-16(12)13-7-3-4-8-14(13)17-15;/h1-10H;1H2. The van der Waals surface area contributed by atoms with Gasteiger partial charge in [0.05, 0.1) is 0 Å². The Hall–Kier alpha value is -1.90. The van der Waals surface area contributed by atoms with Gasteiger partial charge in [-0.1, -0.05) is 48.5 Å². The van der Waals surface area contributed by atoms with Crippen LogP contribution >= 0.6 is 11.3 Å². The van der Waals surface area contributed by atoms with Gasteiger partial charge in [-0.3, -0.25) is 0 Å². The van der Waals surface area contributed by atoms with Gasteiger partial charge in [-0.2, -0.15) is 0 Å². The Morgan fingerprint density at radius 3 is 2.22 bits per heavy atom. The maximum Gasteiger partial charge on any atom is 0.0361 e. The summed E-state index contributed by atoms with van der Waals surface area (Å²) in [6, 6.07) is 21.7.